The molecule has 1 amide bonds. The van der Waals surface area contributed by atoms with Crippen LogP contribution in [0.5, 0.6) is 11.5 Å². The fourth-order valence-electron chi connectivity index (χ4n) is 4.80. The molecule has 1 heterocycles. The number of ether oxygens (including phenoxy) is 2. The van der Waals surface area contributed by atoms with Crippen LogP contribution >= 0.6 is 0 Å². The van der Waals surface area contributed by atoms with Gasteiger partial charge in [-0.15, -0.1) is 0 Å². The molecule has 0 saturated carbocycles. The second-order valence-corrected chi connectivity index (χ2v) is 11.0. The third-order valence-corrected chi connectivity index (χ3v) is 7.51. The van der Waals surface area contributed by atoms with Gasteiger partial charge in [-0.2, -0.15) is 0 Å². The first kappa shape index (κ1) is 31.4. The Labute approximate surface area is 226 Å². The molecule has 0 spiro atoms. The van der Waals surface area contributed by atoms with Crippen molar-refractivity contribution in [2.45, 2.75) is 129 Å². The quantitative estimate of drug-likeness (QED) is 0.186. The summed E-state index contributed by atoms with van der Waals surface area (Å²) in [4.78, 5) is 14.9. The molecule has 0 unspecified atom stereocenters. The number of amides is 1. The number of carbonyl (C=O) groups excluding carboxylic acids is 1. The van der Waals surface area contributed by atoms with Crippen molar-refractivity contribution in [2.24, 2.45) is 0 Å². The number of hydrogen-bond donors (Lipinski definition) is 2. The van der Waals surface area contributed by atoms with Gasteiger partial charge in [0.25, 0.3) is 0 Å². The van der Waals surface area contributed by atoms with E-state index >= 15 is 0 Å². The van der Waals surface area contributed by atoms with Gasteiger partial charge in [0.15, 0.2) is 11.5 Å². The topological polar surface area (TPSA) is 71.0 Å². The highest BCUT2D eigenvalue weighted by Crippen LogP contribution is 2.33. The van der Waals surface area contributed by atoms with Gasteiger partial charge in [-0.25, -0.2) is 0 Å². The van der Waals surface area contributed by atoms with E-state index < -0.39 is 12.1 Å². The summed E-state index contributed by atoms with van der Waals surface area (Å²) in [5.74, 6) is 1.36. The number of aliphatic hydroxyl groups excluding tert-OH is 1. The van der Waals surface area contributed by atoms with E-state index in [4.69, 9.17) is 9.47 Å². The Bertz CT molecular complexity index is 755. The van der Waals surface area contributed by atoms with Crippen LogP contribution < -0.4 is 14.8 Å². The summed E-state index contributed by atoms with van der Waals surface area (Å²) in [6.07, 6.45) is 16.4. The minimum absolute atomic E-state index is 0.0156. The largest absolute Gasteiger partial charge is 0.486 e. The molecule has 1 aliphatic heterocycles. The number of rotatable bonds is 20. The fraction of sp³-hybridized carbons (Fsp3) is 0.774. The standard InChI is InChI=1S/C31H54N2O4/c1-5-6-7-8-9-10-11-12-13-14-15-16-17-18-30(34)32-27(24-33(4)25(2)3)31(35)26-19-20-28-29(23-26)37-22-21-36-28/h19-20,23,25,27,31,35H,5-18,21-22,24H2,1-4H3,(H,32,34)/t27-,31-/m1/s1. The van der Waals surface area contributed by atoms with Crippen molar-refractivity contribution in [2.75, 3.05) is 26.8 Å². The maximum Gasteiger partial charge on any atom is 0.220 e. The number of hydrogen-bond acceptors (Lipinski definition) is 5. The Balaban J connectivity index is 1.70. The number of benzene rings is 1. The van der Waals surface area contributed by atoms with E-state index in [9.17, 15) is 9.90 Å². The van der Waals surface area contributed by atoms with Crippen LogP contribution in [0.2, 0.25) is 0 Å². The van der Waals surface area contributed by atoms with Gasteiger partial charge in [0.1, 0.15) is 19.3 Å². The first-order valence-electron chi connectivity index (χ1n) is 15.0. The smallest absolute Gasteiger partial charge is 0.220 e. The summed E-state index contributed by atoms with van der Waals surface area (Å²) in [6, 6.07) is 5.45. The Morgan fingerprint density at radius 1 is 0.892 bits per heavy atom. The van der Waals surface area contributed by atoms with Gasteiger partial charge in [0.2, 0.25) is 5.91 Å². The Morgan fingerprint density at radius 3 is 2.00 bits per heavy atom. The highest BCUT2D eigenvalue weighted by Gasteiger charge is 2.26. The lowest BCUT2D eigenvalue weighted by molar-refractivity contribution is -0.123. The number of likely N-dealkylation sites (N-methyl/N-ethyl adjacent to an activating group) is 1. The molecule has 6 nitrogen and oxygen atoms in total. The average molecular weight is 519 g/mol. The van der Waals surface area contributed by atoms with Crippen LogP contribution in [0.25, 0.3) is 0 Å². The molecular formula is C31H54N2O4. The van der Waals surface area contributed by atoms with Crippen molar-refractivity contribution in [3.05, 3.63) is 23.8 Å². The molecule has 0 saturated heterocycles. The average Bonchev–Trinajstić information content (AvgIpc) is 2.90. The lowest BCUT2D eigenvalue weighted by Crippen LogP contribution is -2.47. The molecule has 0 aliphatic carbocycles. The zero-order chi connectivity index (χ0) is 26.9. The molecule has 0 aromatic heterocycles. The zero-order valence-corrected chi connectivity index (χ0v) is 24.1. The van der Waals surface area contributed by atoms with E-state index in [1.54, 1.807) is 0 Å². The van der Waals surface area contributed by atoms with Crippen LogP contribution in [-0.2, 0) is 4.79 Å². The Kier molecular flexibility index (Phi) is 15.7. The normalized spacial score (nSPS) is 14.7. The van der Waals surface area contributed by atoms with Crippen LogP contribution in [0.3, 0.4) is 0 Å². The van der Waals surface area contributed by atoms with Crippen LogP contribution in [0.4, 0.5) is 0 Å². The van der Waals surface area contributed by atoms with Crippen LogP contribution in [0.1, 0.15) is 122 Å². The number of aliphatic hydroxyl groups is 1. The molecule has 0 radical (unpaired) electrons. The highest BCUT2D eigenvalue weighted by atomic mass is 16.6. The predicted molar refractivity (Wildman–Crippen MR) is 152 cm³/mol. The van der Waals surface area contributed by atoms with Crippen molar-refractivity contribution in [3.8, 4) is 11.5 Å². The van der Waals surface area contributed by atoms with Gasteiger partial charge in [0, 0.05) is 19.0 Å². The van der Waals surface area contributed by atoms with Crippen molar-refractivity contribution in [1.29, 1.82) is 0 Å². The van der Waals surface area contributed by atoms with E-state index in [1.165, 1.54) is 70.6 Å². The van der Waals surface area contributed by atoms with E-state index in [-0.39, 0.29) is 5.91 Å². The number of carbonyl (C=O) groups is 1. The van der Waals surface area contributed by atoms with Gasteiger partial charge in [-0.3, -0.25) is 4.79 Å². The predicted octanol–water partition coefficient (Wildman–Crippen LogP) is 6.80. The summed E-state index contributed by atoms with van der Waals surface area (Å²) in [5, 5.41) is 14.3. The van der Waals surface area contributed by atoms with Crippen LogP contribution in [0, 0.1) is 0 Å². The third-order valence-electron chi connectivity index (χ3n) is 7.51. The molecule has 1 aromatic rings. The second kappa shape index (κ2) is 18.5. The Hall–Kier alpha value is -1.79. The number of nitrogens with zero attached hydrogens (tertiary/aromatic N) is 1. The SMILES string of the molecule is CCCCCCCCCCCCCCCC(=O)N[C@H](CN(C)C(C)C)[C@H](O)c1ccc2c(c1)OCCO2. The van der Waals surface area contributed by atoms with Crippen molar-refractivity contribution < 1.29 is 19.4 Å². The molecule has 0 bridgehead atoms. The molecule has 6 heteroatoms. The lowest BCUT2D eigenvalue weighted by atomic mass is 10.00. The molecule has 212 valence electrons. The van der Waals surface area contributed by atoms with Crippen LogP contribution in [-0.4, -0.2) is 54.8 Å². The number of unbranched alkanes of at least 4 members (excludes halogenated alkanes) is 12. The summed E-state index contributed by atoms with van der Waals surface area (Å²) in [7, 11) is 2.02. The molecule has 1 aliphatic rings. The van der Waals surface area contributed by atoms with Gasteiger partial charge >= 0.3 is 0 Å². The molecule has 0 fully saturated rings. The highest BCUT2D eigenvalue weighted by molar-refractivity contribution is 5.76. The summed E-state index contributed by atoms with van der Waals surface area (Å²) >= 11 is 0. The van der Waals surface area contributed by atoms with Gasteiger partial charge in [0.05, 0.1) is 6.04 Å². The molecule has 2 rings (SSSR count). The number of nitrogens with one attached hydrogen (secondary N) is 1. The van der Waals surface area contributed by atoms with Gasteiger partial charge in [-0.05, 0) is 45.0 Å². The Morgan fingerprint density at radius 2 is 1.43 bits per heavy atom. The molecule has 1 aromatic carbocycles. The molecule has 37 heavy (non-hydrogen) atoms. The van der Waals surface area contributed by atoms with Gasteiger partial charge in [-0.1, -0.05) is 90.0 Å². The van der Waals surface area contributed by atoms with E-state index in [0.717, 1.165) is 18.4 Å². The number of fused-ring (bicyclic) bond motifs is 1. The zero-order valence-electron chi connectivity index (χ0n) is 24.1. The van der Waals surface area contributed by atoms with E-state index in [0.29, 0.717) is 43.7 Å². The first-order valence-corrected chi connectivity index (χ1v) is 15.0. The van der Waals surface area contributed by atoms with Crippen molar-refractivity contribution in [1.82, 2.24) is 10.2 Å². The molecule has 2 atom stereocenters. The molecular weight excluding hydrogens is 464 g/mol. The monoisotopic (exact) mass is 518 g/mol. The van der Waals surface area contributed by atoms with E-state index in [1.807, 2.05) is 25.2 Å². The maximum atomic E-state index is 12.8. The lowest BCUT2D eigenvalue weighted by Gasteiger charge is -2.31. The summed E-state index contributed by atoms with van der Waals surface area (Å²) < 4.78 is 11.3. The van der Waals surface area contributed by atoms with E-state index in [2.05, 4.69) is 31.0 Å². The summed E-state index contributed by atoms with van der Waals surface area (Å²) in [5.41, 5.74) is 0.729. The maximum absolute atomic E-state index is 12.8. The molecule has 2 N–H and O–H groups in total. The summed E-state index contributed by atoms with van der Waals surface area (Å²) in [6.45, 7) is 8.10. The first-order chi connectivity index (χ1) is 17.9. The van der Waals surface area contributed by atoms with Crippen molar-refractivity contribution in [3.63, 3.8) is 0 Å². The van der Waals surface area contributed by atoms with Crippen molar-refractivity contribution >= 4 is 5.91 Å². The fourth-order valence-corrected chi connectivity index (χ4v) is 4.80. The van der Waals surface area contributed by atoms with Gasteiger partial charge < -0.3 is 24.8 Å². The second-order valence-electron chi connectivity index (χ2n) is 11.0. The van der Waals surface area contributed by atoms with Crippen LogP contribution in [0.15, 0.2) is 18.2 Å². The minimum Gasteiger partial charge on any atom is -0.486 e. The third kappa shape index (κ3) is 12.5. The minimum atomic E-state index is -0.826.